The molecule has 0 radical (unpaired) electrons. The van der Waals surface area contributed by atoms with Gasteiger partial charge in [0.2, 0.25) is 5.95 Å². The average Bonchev–Trinajstić information content (AvgIpc) is 2.87. The monoisotopic (exact) mass is 583 g/mol. The molecule has 0 bridgehead atoms. The van der Waals surface area contributed by atoms with E-state index in [1.54, 1.807) is 30.5 Å². The number of nitrogens with one attached hydrogen (secondary N) is 2. The Kier molecular flexibility index (Phi) is 8.49. The van der Waals surface area contributed by atoms with E-state index in [-0.39, 0.29) is 16.5 Å². The first-order chi connectivity index (χ1) is 17.7. The molecule has 1 fully saturated rings. The Morgan fingerprint density at radius 3 is 2.70 bits per heavy atom. The zero-order valence-corrected chi connectivity index (χ0v) is 22.1. The van der Waals surface area contributed by atoms with Gasteiger partial charge in [0.15, 0.2) is 5.17 Å². The number of anilines is 1. The van der Waals surface area contributed by atoms with Crippen molar-refractivity contribution in [2.24, 2.45) is 10.1 Å². The molecule has 0 unspecified atom stereocenters. The fourth-order valence-corrected chi connectivity index (χ4v) is 5.39. The minimum Gasteiger partial charge on any atom is -0.455 e. The van der Waals surface area contributed by atoms with E-state index in [0.29, 0.717) is 34.0 Å². The van der Waals surface area contributed by atoms with Gasteiger partial charge in [-0.05, 0) is 42.1 Å². The number of amidine groups is 1. The summed E-state index contributed by atoms with van der Waals surface area (Å²) in [5, 5.41) is 10.0. The fraction of sp³-hybridized carbons (Fsp3) is 0.182. The van der Waals surface area contributed by atoms with Crippen LogP contribution in [0.25, 0.3) is 11.3 Å². The third-order valence-electron chi connectivity index (χ3n) is 5.13. The summed E-state index contributed by atoms with van der Waals surface area (Å²) in [7, 11) is -4.52. The zero-order valence-electron chi connectivity index (χ0n) is 19.0. The maximum atomic E-state index is 14.9. The smallest absolute Gasteiger partial charge is 0.287 e. The van der Waals surface area contributed by atoms with E-state index >= 15 is 0 Å². The van der Waals surface area contributed by atoms with Crippen molar-refractivity contribution in [3.63, 3.8) is 0 Å². The van der Waals surface area contributed by atoms with Crippen molar-refractivity contribution in [1.82, 2.24) is 15.3 Å². The molecule has 1 saturated heterocycles. The molecule has 37 heavy (non-hydrogen) atoms. The lowest BCUT2D eigenvalue weighted by atomic mass is 10.1. The van der Waals surface area contributed by atoms with Crippen molar-refractivity contribution in [1.29, 1.82) is 5.41 Å². The molecule has 1 aliphatic rings. The van der Waals surface area contributed by atoms with Crippen LogP contribution in [0.4, 0.5) is 10.3 Å². The summed E-state index contributed by atoms with van der Waals surface area (Å²) in [5.41, 5.74) is 7.26. The second kappa shape index (κ2) is 11.6. The van der Waals surface area contributed by atoms with Gasteiger partial charge in [0, 0.05) is 49.0 Å². The molecule has 0 amide bonds. The Morgan fingerprint density at radius 1 is 1.22 bits per heavy atom. The van der Waals surface area contributed by atoms with Crippen LogP contribution in [0.5, 0.6) is 11.5 Å². The Hall–Kier alpha value is -2.97. The van der Waals surface area contributed by atoms with Crippen LogP contribution in [0.2, 0.25) is 10.0 Å². The maximum Gasteiger partial charge on any atom is 0.287 e. The van der Waals surface area contributed by atoms with Crippen LogP contribution in [0.1, 0.15) is 0 Å². The highest BCUT2D eigenvalue weighted by Gasteiger charge is 2.23. The predicted molar refractivity (Wildman–Crippen MR) is 144 cm³/mol. The molecule has 15 heteroatoms. The third kappa shape index (κ3) is 6.48. The molecule has 3 aromatic rings. The summed E-state index contributed by atoms with van der Waals surface area (Å²) in [6, 6.07) is 8.22. The van der Waals surface area contributed by atoms with Crippen molar-refractivity contribution in [3.8, 4) is 22.8 Å². The number of nitrogens with two attached hydrogens (primary N) is 1. The normalized spacial score (nSPS) is 14.5. The number of thioether (sulfide) groups is 1. The highest BCUT2D eigenvalue weighted by molar-refractivity contribution is 8.25. The van der Waals surface area contributed by atoms with Gasteiger partial charge in [0.25, 0.3) is 10.0 Å². The van der Waals surface area contributed by atoms with E-state index in [4.69, 9.17) is 39.1 Å². The van der Waals surface area contributed by atoms with Crippen molar-refractivity contribution < 1.29 is 17.5 Å². The largest absolute Gasteiger partial charge is 0.455 e. The topological polar surface area (TPSA) is 147 Å². The molecule has 0 spiro atoms. The molecule has 194 valence electrons. The van der Waals surface area contributed by atoms with E-state index in [9.17, 15) is 12.8 Å². The predicted octanol–water partition coefficient (Wildman–Crippen LogP) is 4.14. The van der Waals surface area contributed by atoms with Crippen molar-refractivity contribution in [3.05, 3.63) is 58.5 Å². The number of benzene rings is 2. The minimum atomic E-state index is -4.52. The van der Waals surface area contributed by atoms with Gasteiger partial charge in [0.1, 0.15) is 22.2 Å². The van der Waals surface area contributed by atoms with E-state index in [0.717, 1.165) is 43.9 Å². The van der Waals surface area contributed by atoms with E-state index < -0.39 is 25.9 Å². The molecule has 10 nitrogen and oxygen atoms in total. The first-order valence-electron chi connectivity index (χ1n) is 10.7. The van der Waals surface area contributed by atoms with Gasteiger partial charge >= 0.3 is 0 Å². The summed E-state index contributed by atoms with van der Waals surface area (Å²) in [6.07, 6.45) is 1.62. The molecule has 0 aliphatic carbocycles. The van der Waals surface area contributed by atoms with Crippen molar-refractivity contribution in [2.75, 3.05) is 31.1 Å². The molecule has 1 aromatic heterocycles. The van der Waals surface area contributed by atoms with Crippen LogP contribution < -0.4 is 20.7 Å². The number of sulfonamides is 1. The number of rotatable bonds is 7. The lowest BCUT2D eigenvalue weighted by molar-refractivity contribution is 0.475. The van der Waals surface area contributed by atoms with Gasteiger partial charge in [-0.2, -0.15) is 8.42 Å². The number of halogens is 3. The Labute approximate surface area is 226 Å². The molecule has 2 heterocycles. The summed E-state index contributed by atoms with van der Waals surface area (Å²) in [4.78, 5) is 10.3. The molecule has 2 aromatic carbocycles. The van der Waals surface area contributed by atoms with Gasteiger partial charge in [-0.1, -0.05) is 23.2 Å². The number of nitrogens with zero attached hydrogens (tertiary/aromatic N) is 4. The van der Waals surface area contributed by atoms with Crippen LogP contribution in [0, 0.1) is 11.2 Å². The maximum absolute atomic E-state index is 14.9. The second-order valence-electron chi connectivity index (χ2n) is 7.57. The molecular weight excluding hydrogens is 564 g/mol. The minimum absolute atomic E-state index is 0.135. The van der Waals surface area contributed by atoms with Crippen LogP contribution in [-0.4, -0.2) is 55.3 Å². The fourth-order valence-electron chi connectivity index (χ4n) is 3.46. The summed E-state index contributed by atoms with van der Waals surface area (Å²) in [5.74, 6) is -0.473. The van der Waals surface area contributed by atoms with Gasteiger partial charge in [-0.3, -0.25) is 0 Å². The number of aromatic nitrogens is 2. The lowest BCUT2D eigenvalue weighted by Crippen LogP contribution is -2.44. The first kappa shape index (κ1) is 27.1. The number of hydrogen-bond acceptors (Lipinski definition) is 9. The molecule has 0 saturated carbocycles. The summed E-state index contributed by atoms with van der Waals surface area (Å²) in [6.45, 7) is 3.13. The molecule has 4 rings (SSSR count). The Balaban J connectivity index is 1.69. The second-order valence-corrected chi connectivity index (χ2v) is 10.9. The molecule has 1 aliphatic heterocycles. The Bertz CT molecular complexity index is 1470. The highest BCUT2D eigenvalue weighted by atomic mass is 35.5. The quantitative estimate of drug-likeness (QED) is 0.276. The van der Waals surface area contributed by atoms with E-state index in [1.165, 1.54) is 0 Å². The van der Waals surface area contributed by atoms with Crippen molar-refractivity contribution >= 4 is 61.6 Å². The first-order valence-corrected chi connectivity index (χ1v) is 13.8. The molecule has 0 atom stereocenters. The Morgan fingerprint density at radius 2 is 1.97 bits per heavy atom. The number of piperazine rings is 1. The summed E-state index contributed by atoms with van der Waals surface area (Å²) < 4.78 is 49.0. The van der Waals surface area contributed by atoms with Gasteiger partial charge in [-0.15, -0.1) is 4.40 Å². The number of ether oxygens (including phenoxy) is 1. The summed E-state index contributed by atoms with van der Waals surface area (Å²) >= 11 is 13.1. The standard InChI is InChI=1S/C22H20Cl2FN7O3S2/c23-13-1-2-18(14(9-13)17-3-4-29-22(30-17)32-7-5-28-6-8-32)35-19-11-16(25)20(10-15(19)24)37(33,34)31-21(27)36-12-26/h1-4,9-12,26,28H,5-8H2,(H2,27,31). The lowest BCUT2D eigenvalue weighted by Gasteiger charge is -2.27. The highest BCUT2D eigenvalue weighted by Crippen LogP contribution is 2.39. The number of hydrogen-bond donors (Lipinski definition) is 3. The molecule has 4 N–H and O–H groups in total. The van der Waals surface area contributed by atoms with Crippen LogP contribution in [-0.2, 0) is 10.0 Å². The van der Waals surface area contributed by atoms with Gasteiger partial charge in [0.05, 0.1) is 16.3 Å². The van der Waals surface area contributed by atoms with Crippen LogP contribution >= 0.6 is 35.0 Å². The zero-order chi connectivity index (χ0) is 26.6. The van der Waals surface area contributed by atoms with Crippen LogP contribution in [0.3, 0.4) is 0 Å². The third-order valence-corrected chi connectivity index (χ3v) is 7.54. The van der Waals surface area contributed by atoms with E-state index in [2.05, 4.69) is 19.7 Å². The van der Waals surface area contributed by atoms with E-state index in [1.807, 2.05) is 4.90 Å². The van der Waals surface area contributed by atoms with Gasteiger partial charge in [-0.25, -0.2) is 14.4 Å². The SMILES string of the molecule is N=CSC(N)=NS(=O)(=O)c1cc(Cl)c(Oc2ccc(Cl)cc2-c2ccnc(N3CCNCC3)n2)cc1F. The van der Waals surface area contributed by atoms with Gasteiger partial charge < -0.3 is 26.1 Å². The molecular formula is C22H20Cl2FN7O3S2. The van der Waals surface area contributed by atoms with Crippen molar-refractivity contribution in [2.45, 2.75) is 4.90 Å². The average molecular weight is 584 g/mol. The van der Waals surface area contributed by atoms with Crippen LogP contribution in [0.15, 0.2) is 51.9 Å².